The lowest BCUT2D eigenvalue weighted by atomic mass is 10.2. The number of hydrogen-bond donors (Lipinski definition) is 1. The van der Waals surface area contributed by atoms with Crippen LogP contribution in [-0.2, 0) is 0 Å². The molecule has 0 unspecified atom stereocenters. The number of H-pyrrole nitrogens is 1. The molecule has 0 bridgehead atoms. The van der Waals surface area contributed by atoms with Crippen LogP contribution >= 0.6 is 39.0 Å². The molecule has 8 aromatic rings. The summed E-state index contributed by atoms with van der Waals surface area (Å²) >= 11 is 6.07. The van der Waals surface area contributed by atoms with E-state index in [1.807, 2.05) is 53.4 Å². The number of nitrogens with one attached hydrogen (secondary N) is 1. The summed E-state index contributed by atoms with van der Waals surface area (Å²) in [6.45, 7) is 0. The van der Waals surface area contributed by atoms with Gasteiger partial charge in [-0.1, -0.05) is 12.1 Å². The second-order valence-electron chi connectivity index (χ2n) is 8.85. The number of rotatable bonds is 5. The quantitative estimate of drug-likeness (QED) is 0.207. The van der Waals surface area contributed by atoms with Gasteiger partial charge in [-0.2, -0.15) is 18.9 Å². The number of pyridine rings is 2. The molecule has 0 spiro atoms. The number of hydrogen-bond acceptors (Lipinski definition) is 12. The third kappa shape index (κ3) is 7.97. The first kappa shape index (κ1) is 29.7. The molecule has 8 heterocycles. The van der Waals surface area contributed by atoms with Crippen molar-refractivity contribution in [2.75, 3.05) is 0 Å². The van der Waals surface area contributed by atoms with E-state index in [1.165, 1.54) is 23.1 Å². The van der Waals surface area contributed by atoms with Gasteiger partial charge >= 0.3 is 0 Å². The Morgan fingerprint density at radius 2 is 1.22 bits per heavy atom. The molecule has 15 heteroatoms. The molecule has 0 atom stereocenters. The zero-order valence-electron chi connectivity index (χ0n) is 23.2. The van der Waals surface area contributed by atoms with Gasteiger partial charge in [0, 0.05) is 63.5 Å². The van der Waals surface area contributed by atoms with Gasteiger partial charge in [0.1, 0.15) is 11.4 Å². The van der Waals surface area contributed by atoms with E-state index in [2.05, 4.69) is 69.9 Å². The zero-order chi connectivity index (χ0) is 30.7. The van der Waals surface area contributed by atoms with Gasteiger partial charge in [-0.25, -0.2) is 34.6 Å². The first-order valence-corrected chi connectivity index (χ1v) is 15.7. The molecule has 0 amide bonds. The lowest BCUT2D eigenvalue weighted by Gasteiger charge is -2.01. The van der Waals surface area contributed by atoms with Gasteiger partial charge in [0.25, 0.3) is 0 Å². The number of aromatic amines is 1. The van der Waals surface area contributed by atoms with Crippen molar-refractivity contribution in [3.05, 3.63) is 126 Å². The second-order valence-corrected chi connectivity index (χ2v) is 11.1. The minimum absolute atomic E-state index is 0.610. The summed E-state index contributed by atoms with van der Waals surface area (Å²) < 4.78 is 10.7. The van der Waals surface area contributed by atoms with E-state index >= 15 is 0 Å². The lowest BCUT2D eigenvalue weighted by Crippen LogP contribution is -1.92. The summed E-state index contributed by atoms with van der Waals surface area (Å²) in [4.78, 5) is 25.9. The molecular weight excluding hydrogens is 672 g/mol. The van der Waals surface area contributed by atoms with E-state index in [0.29, 0.717) is 11.6 Å². The Labute approximate surface area is 273 Å². The molecule has 0 aliphatic heterocycles. The molecular formula is C30H21BrN12S2. The number of halogens is 1. The minimum atomic E-state index is 0.610. The molecule has 220 valence electrons. The molecule has 8 aromatic heterocycles. The Kier molecular flexibility index (Phi) is 9.81. The van der Waals surface area contributed by atoms with Crippen LogP contribution in [-0.4, -0.2) is 58.6 Å². The topological polar surface area (TPSA) is 150 Å². The van der Waals surface area contributed by atoms with Crippen molar-refractivity contribution in [2.45, 2.75) is 0 Å². The molecule has 0 radical (unpaired) electrons. The molecule has 0 fully saturated rings. The SMILES string of the molecule is Brc1cnsc1.c1cnc(-c2cccc(-c3cn[nH]c3)n2)nc1.c1cnc(-c2cccc(-c3cnn(-c4cnsc4)c3)n2)nc1. The van der Waals surface area contributed by atoms with Gasteiger partial charge in [0.05, 0.1) is 41.9 Å². The molecule has 1 N–H and O–H groups in total. The third-order valence-corrected chi connectivity index (χ3v) is 7.74. The Hall–Kier alpha value is -5.38. The Balaban J connectivity index is 0.000000137. The normalized spacial score (nSPS) is 10.3. The Morgan fingerprint density at radius 1 is 0.622 bits per heavy atom. The summed E-state index contributed by atoms with van der Waals surface area (Å²) in [6.07, 6.45) is 17.6. The Morgan fingerprint density at radius 3 is 1.73 bits per heavy atom. The maximum atomic E-state index is 4.62. The zero-order valence-corrected chi connectivity index (χ0v) is 26.4. The third-order valence-electron chi connectivity index (χ3n) is 5.85. The van der Waals surface area contributed by atoms with E-state index in [1.54, 1.807) is 72.6 Å². The molecule has 45 heavy (non-hydrogen) atoms. The number of nitrogens with zero attached hydrogens (tertiary/aromatic N) is 11. The standard InChI is InChI=1S/C15H10N6S.C12H9N5.C3H2BrNS/c1-3-13(20-14(4-1)15-16-5-2-6-17-15)11-7-18-21(9-11)12-8-19-22-10-12;1-3-10(9-7-15-16-8-9)17-11(4-1)12-13-5-2-6-14-12;4-3-1-5-6-2-3/h1-10H;1-8H,(H,15,16);1-2H. The summed E-state index contributed by atoms with van der Waals surface area (Å²) in [6, 6.07) is 15.1. The van der Waals surface area contributed by atoms with Crippen molar-refractivity contribution < 1.29 is 0 Å². The summed E-state index contributed by atoms with van der Waals surface area (Å²) in [7, 11) is 0. The predicted octanol–water partition coefficient (Wildman–Crippen LogP) is 6.68. The average Bonchev–Trinajstić information content (AvgIpc) is 3.95. The monoisotopic (exact) mass is 692 g/mol. The van der Waals surface area contributed by atoms with E-state index < -0.39 is 0 Å². The highest BCUT2D eigenvalue weighted by molar-refractivity contribution is 9.10. The second kappa shape index (κ2) is 14.9. The van der Waals surface area contributed by atoms with Gasteiger partial charge < -0.3 is 0 Å². The Bertz CT molecular complexity index is 2020. The van der Waals surface area contributed by atoms with E-state index in [-0.39, 0.29) is 0 Å². The van der Waals surface area contributed by atoms with Crippen LogP contribution in [0.15, 0.2) is 126 Å². The first-order chi connectivity index (χ1) is 22.2. The van der Waals surface area contributed by atoms with Crippen molar-refractivity contribution in [3.63, 3.8) is 0 Å². The summed E-state index contributed by atoms with van der Waals surface area (Å²) in [5, 5.41) is 14.9. The largest absolute Gasteiger partial charge is 0.285 e. The van der Waals surface area contributed by atoms with Crippen molar-refractivity contribution >= 4 is 39.0 Å². The number of aromatic nitrogens is 12. The highest BCUT2D eigenvalue weighted by atomic mass is 79.9. The highest BCUT2D eigenvalue weighted by Gasteiger charge is 2.09. The van der Waals surface area contributed by atoms with Crippen molar-refractivity contribution in [1.82, 2.24) is 58.6 Å². The van der Waals surface area contributed by atoms with Crippen LogP contribution in [0.2, 0.25) is 0 Å². The minimum Gasteiger partial charge on any atom is -0.285 e. The van der Waals surface area contributed by atoms with E-state index in [4.69, 9.17) is 0 Å². The molecule has 0 aliphatic carbocycles. The van der Waals surface area contributed by atoms with Gasteiger partial charge in [-0.15, -0.1) is 0 Å². The fraction of sp³-hybridized carbons (Fsp3) is 0. The lowest BCUT2D eigenvalue weighted by molar-refractivity contribution is 0.882. The van der Waals surface area contributed by atoms with Crippen LogP contribution < -0.4 is 0 Å². The van der Waals surface area contributed by atoms with Crippen LogP contribution in [0, 0.1) is 0 Å². The van der Waals surface area contributed by atoms with Crippen LogP contribution in [0.4, 0.5) is 0 Å². The van der Waals surface area contributed by atoms with Gasteiger partial charge in [0.2, 0.25) is 0 Å². The fourth-order valence-electron chi connectivity index (χ4n) is 3.79. The predicted molar refractivity (Wildman–Crippen MR) is 176 cm³/mol. The highest BCUT2D eigenvalue weighted by Crippen LogP contribution is 2.22. The fourth-order valence-corrected chi connectivity index (χ4v) is 5.19. The van der Waals surface area contributed by atoms with Crippen molar-refractivity contribution in [3.8, 4) is 51.2 Å². The smallest absolute Gasteiger partial charge is 0.178 e. The maximum Gasteiger partial charge on any atom is 0.178 e. The van der Waals surface area contributed by atoms with Crippen molar-refractivity contribution in [2.24, 2.45) is 0 Å². The maximum absolute atomic E-state index is 4.62. The van der Waals surface area contributed by atoms with Crippen LogP contribution in [0.25, 0.3) is 51.2 Å². The van der Waals surface area contributed by atoms with Gasteiger partial charge in [-0.05, 0) is 75.4 Å². The van der Waals surface area contributed by atoms with E-state index in [9.17, 15) is 0 Å². The van der Waals surface area contributed by atoms with Crippen LogP contribution in [0.1, 0.15) is 0 Å². The van der Waals surface area contributed by atoms with E-state index in [0.717, 1.165) is 44.1 Å². The molecule has 0 aliphatic rings. The molecule has 0 saturated carbocycles. The summed E-state index contributed by atoms with van der Waals surface area (Å²) in [5.74, 6) is 1.23. The molecule has 0 aromatic carbocycles. The van der Waals surface area contributed by atoms with Gasteiger partial charge in [-0.3, -0.25) is 5.10 Å². The van der Waals surface area contributed by atoms with Crippen LogP contribution in [0.3, 0.4) is 0 Å². The molecule has 12 nitrogen and oxygen atoms in total. The van der Waals surface area contributed by atoms with Crippen LogP contribution in [0.5, 0.6) is 0 Å². The first-order valence-electron chi connectivity index (χ1n) is 13.2. The molecule has 0 saturated heterocycles. The molecule has 8 rings (SSSR count). The summed E-state index contributed by atoms with van der Waals surface area (Å²) in [5.41, 5.74) is 6.00. The van der Waals surface area contributed by atoms with Crippen molar-refractivity contribution in [1.29, 1.82) is 0 Å². The van der Waals surface area contributed by atoms with Gasteiger partial charge in [0.15, 0.2) is 11.6 Å². The average molecular weight is 694 g/mol.